The first-order chi connectivity index (χ1) is 8.69. The third kappa shape index (κ3) is 5.53. The Kier molecular flexibility index (Phi) is 5.26. The molecule has 0 saturated carbocycles. The van der Waals surface area contributed by atoms with Crippen LogP contribution in [-0.4, -0.2) is 17.0 Å². The zero-order valence-electron chi connectivity index (χ0n) is 12.2. The Hall–Kier alpha value is -1.20. The van der Waals surface area contributed by atoms with Gasteiger partial charge in [0, 0.05) is 23.0 Å². The smallest absolute Gasteiger partial charge is 0.308 e. The lowest BCUT2D eigenvalue weighted by Gasteiger charge is -2.23. The predicted molar refractivity (Wildman–Crippen MR) is 81.5 cm³/mol. The van der Waals surface area contributed by atoms with Crippen molar-refractivity contribution in [3.05, 3.63) is 32.7 Å². The highest BCUT2D eigenvalue weighted by Gasteiger charge is 2.13. The van der Waals surface area contributed by atoms with Crippen LogP contribution in [0.4, 0.5) is 5.00 Å². The molecule has 1 N–H and O–H groups in total. The zero-order chi connectivity index (χ0) is 14.6. The van der Waals surface area contributed by atoms with Crippen LogP contribution in [0.15, 0.2) is 17.7 Å². The maximum absolute atomic E-state index is 10.7. The molecule has 1 aromatic heterocycles. The van der Waals surface area contributed by atoms with E-state index in [-0.39, 0.29) is 15.5 Å². The molecule has 0 spiro atoms. The quantitative estimate of drug-likeness (QED) is 0.654. The molecule has 0 unspecified atom stereocenters. The molecule has 106 valence electrons. The lowest BCUT2D eigenvalue weighted by molar-refractivity contribution is -0.380. The molecular weight excluding hydrogens is 260 g/mol. The number of rotatable bonds is 5. The van der Waals surface area contributed by atoms with Gasteiger partial charge in [0.05, 0.1) is 4.92 Å². The molecule has 0 aromatic carbocycles. The lowest BCUT2D eigenvalue weighted by atomic mass is 10.0. The van der Waals surface area contributed by atoms with Crippen molar-refractivity contribution < 1.29 is 4.92 Å². The molecule has 0 aliphatic carbocycles. The van der Waals surface area contributed by atoms with Crippen LogP contribution in [0.2, 0.25) is 0 Å². The molecule has 0 atom stereocenters. The summed E-state index contributed by atoms with van der Waals surface area (Å²) < 4.78 is 0. The Morgan fingerprint density at radius 1 is 1.47 bits per heavy atom. The maximum atomic E-state index is 10.7. The van der Waals surface area contributed by atoms with Crippen molar-refractivity contribution in [3.8, 4) is 0 Å². The number of hydrogen-bond donors (Lipinski definition) is 1. The van der Waals surface area contributed by atoms with E-state index >= 15 is 0 Å². The second-order valence-corrected chi connectivity index (χ2v) is 7.00. The molecule has 0 aliphatic rings. The van der Waals surface area contributed by atoms with Gasteiger partial charge in [-0.1, -0.05) is 30.8 Å². The highest BCUT2D eigenvalue weighted by molar-refractivity contribution is 7.16. The van der Waals surface area contributed by atoms with Crippen LogP contribution in [0, 0.1) is 16.0 Å². The molecule has 5 heteroatoms. The summed E-state index contributed by atoms with van der Waals surface area (Å²) in [5.41, 5.74) is 1.32. The van der Waals surface area contributed by atoms with Crippen LogP contribution in [-0.2, 0) is 0 Å². The third-order valence-electron chi connectivity index (χ3n) is 2.68. The van der Waals surface area contributed by atoms with Crippen molar-refractivity contribution in [3.63, 3.8) is 0 Å². The van der Waals surface area contributed by atoms with Gasteiger partial charge in [-0.05, 0) is 38.8 Å². The van der Waals surface area contributed by atoms with Crippen molar-refractivity contribution in [1.82, 2.24) is 5.32 Å². The highest BCUT2D eigenvalue weighted by Crippen LogP contribution is 2.27. The van der Waals surface area contributed by atoms with Gasteiger partial charge >= 0.3 is 5.00 Å². The van der Waals surface area contributed by atoms with Gasteiger partial charge in [0.15, 0.2) is 0 Å². The van der Waals surface area contributed by atoms with E-state index in [0.717, 1.165) is 11.4 Å². The molecule has 1 rings (SSSR count). The van der Waals surface area contributed by atoms with Gasteiger partial charge in [-0.15, -0.1) is 0 Å². The standard InChI is InChI=1S/C14H22N2O2S/c1-10(2)11(9-15-14(3,4)5)8-12-6-7-13(19-12)16(17)18/h6-8,10,15H,9H2,1-5H3/b11-8+. The molecule has 0 aliphatic heterocycles. The SMILES string of the molecule is CC(C)/C(=C/c1ccc([N+](=O)[O-])s1)CNC(C)(C)C. The third-order valence-corrected chi connectivity index (χ3v) is 3.67. The summed E-state index contributed by atoms with van der Waals surface area (Å²) in [6.45, 7) is 11.5. The van der Waals surface area contributed by atoms with E-state index in [0.29, 0.717) is 5.92 Å². The highest BCUT2D eigenvalue weighted by atomic mass is 32.1. The molecule has 0 radical (unpaired) electrons. The van der Waals surface area contributed by atoms with Crippen LogP contribution < -0.4 is 5.32 Å². The summed E-state index contributed by atoms with van der Waals surface area (Å²) in [6.07, 6.45) is 2.06. The fourth-order valence-electron chi connectivity index (χ4n) is 1.49. The summed E-state index contributed by atoms with van der Waals surface area (Å²) >= 11 is 1.22. The minimum Gasteiger partial charge on any atom is -0.308 e. The zero-order valence-corrected chi connectivity index (χ0v) is 13.0. The molecule has 0 saturated heterocycles. The molecule has 1 heterocycles. The van der Waals surface area contributed by atoms with E-state index in [2.05, 4.69) is 46.0 Å². The van der Waals surface area contributed by atoms with Crippen LogP contribution in [0.1, 0.15) is 39.5 Å². The van der Waals surface area contributed by atoms with Crippen LogP contribution >= 0.6 is 11.3 Å². The normalized spacial score (nSPS) is 13.1. The van der Waals surface area contributed by atoms with Gasteiger partial charge < -0.3 is 5.32 Å². The van der Waals surface area contributed by atoms with Gasteiger partial charge in [0.1, 0.15) is 0 Å². The second kappa shape index (κ2) is 6.30. The summed E-state index contributed by atoms with van der Waals surface area (Å²) in [5.74, 6) is 0.413. The Morgan fingerprint density at radius 2 is 2.11 bits per heavy atom. The number of nitro groups is 1. The van der Waals surface area contributed by atoms with Crippen molar-refractivity contribution in [2.45, 2.75) is 40.2 Å². The first kappa shape index (κ1) is 15.9. The van der Waals surface area contributed by atoms with Crippen LogP contribution in [0.25, 0.3) is 6.08 Å². The first-order valence-electron chi connectivity index (χ1n) is 6.39. The van der Waals surface area contributed by atoms with Crippen LogP contribution in [0.3, 0.4) is 0 Å². The summed E-state index contributed by atoms with van der Waals surface area (Å²) in [6, 6.07) is 3.37. The van der Waals surface area contributed by atoms with Crippen molar-refractivity contribution in [2.24, 2.45) is 5.92 Å². The van der Waals surface area contributed by atoms with Crippen LogP contribution in [0.5, 0.6) is 0 Å². The molecule has 0 amide bonds. The number of nitrogens with zero attached hydrogens (tertiary/aromatic N) is 1. The van der Waals surface area contributed by atoms with Gasteiger partial charge in [-0.3, -0.25) is 10.1 Å². The maximum Gasteiger partial charge on any atom is 0.324 e. The Labute approximate surface area is 118 Å². The van der Waals surface area contributed by atoms with Gasteiger partial charge in [-0.25, -0.2) is 0 Å². The van der Waals surface area contributed by atoms with Crippen molar-refractivity contribution >= 4 is 22.4 Å². The average molecular weight is 282 g/mol. The van der Waals surface area contributed by atoms with E-state index in [1.54, 1.807) is 6.07 Å². The number of hydrogen-bond acceptors (Lipinski definition) is 4. The first-order valence-corrected chi connectivity index (χ1v) is 7.20. The topological polar surface area (TPSA) is 55.2 Å². The minimum atomic E-state index is -0.343. The van der Waals surface area contributed by atoms with Crippen molar-refractivity contribution in [2.75, 3.05) is 6.54 Å². The van der Waals surface area contributed by atoms with E-state index in [4.69, 9.17) is 0 Å². The molecule has 0 fully saturated rings. The number of nitrogens with one attached hydrogen (secondary N) is 1. The predicted octanol–water partition coefficient (Wildman–Crippen LogP) is 4.08. The number of thiophene rings is 1. The van der Waals surface area contributed by atoms with Crippen molar-refractivity contribution in [1.29, 1.82) is 0 Å². The molecule has 19 heavy (non-hydrogen) atoms. The molecule has 1 aromatic rings. The Bertz CT molecular complexity index is 470. The van der Waals surface area contributed by atoms with E-state index in [1.807, 2.05) is 6.07 Å². The van der Waals surface area contributed by atoms with Gasteiger partial charge in [0.2, 0.25) is 0 Å². The summed E-state index contributed by atoms with van der Waals surface area (Å²) in [4.78, 5) is 11.3. The minimum absolute atomic E-state index is 0.0649. The fourth-order valence-corrected chi connectivity index (χ4v) is 2.29. The average Bonchev–Trinajstić information content (AvgIpc) is 2.70. The van der Waals surface area contributed by atoms with E-state index in [1.165, 1.54) is 16.9 Å². The lowest BCUT2D eigenvalue weighted by Crippen LogP contribution is -2.37. The second-order valence-electron chi connectivity index (χ2n) is 5.91. The monoisotopic (exact) mass is 282 g/mol. The molecule has 4 nitrogen and oxygen atoms in total. The molecular formula is C14H22N2O2S. The fraction of sp³-hybridized carbons (Fsp3) is 0.571. The molecule has 0 bridgehead atoms. The van der Waals surface area contributed by atoms with E-state index < -0.39 is 0 Å². The van der Waals surface area contributed by atoms with Gasteiger partial charge in [0.25, 0.3) is 0 Å². The Morgan fingerprint density at radius 3 is 2.53 bits per heavy atom. The summed E-state index contributed by atoms with van der Waals surface area (Å²) in [7, 11) is 0. The Balaban J connectivity index is 2.85. The van der Waals surface area contributed by atoms with Gasteiger partial charge in [-0.2, -0.15) is 0 Å². The summed E-state index contributed by atoms with van der Waals surface area (Å²) in [5, 5.41) is 14.3. The largest absolute Gasteiger partial charge is 0.324 e. The van der Waals surface area contributed by atoms with E-state index in [9.17, 15) is 10.1 Å².